The molecule has 0 aromatic carbocycles. The SMILES string of the molecule is CC1CCCC1C(=O)C1CCCCCC1. The number of carbonyl (C=O) groups excluding carboxylic acids is 1. The van der Waals surface area contributed by atoms with E-state index in [-0.39, 0.29) is 0 Å². The second kappa shape index (κ2) is 5.14. The molecule has 0 N–H and O–H groups in total. The molecule has 2 saturated carbocycles. The molecule has 2 aliphatic rings. The van der Waals surface area contributed by atoms with Gasteiger partial charge in [-0.3, -0.25) is 4.79 Å². The lowest BCUT2D eigenvalue weighted by Gasteiger charge is -2.20. The van der Waals surface area contributed by atoms with Gasteiger partial charge >= 0.3 is 0 Å². The molecule has 2 atom stereocenters. The van der Waals surface area contributed by atoms with Gasteiger partial charge < -0.3 is 0 Å². The molecule has 0 aliphatic heterocycles. The number of hydrogen-bond acceptors (Lipinski definition) is 1. The molecule has 86 valence electrons. The summed E-state index contributed by atoms with van der Waals surface area (Å²) in [5, 5.41) is 0. The highest BCUT2D eigenvalue weighted by Crippen LogP contribution is 2.36. The van der Waals surface area contributed by atoms with E-state index in [1.165, 1.54) is 57.8 Å². The van der Waals surface area contributed by atoms with E-state index in [9.17, 15) is 4.79 Å². The summed E-state index contributed by atoms with van der Waals surface area (Å²) in [6.07, 6.45) is 11.4. The summed E-state index contributed by atoms with van der Waals surface area (Å²) in [6.45, 7) is 2.27. The zero-order chi connectivity index (χ0) is 10.7. The molecule has 2 rings (SSSR count). The lowest BCUT2D eigenvalue weighted by Crippen LogP contribution is -2.25. The minimum atomic E-state index is 0.424. The minimum absolute atomic E-state index is 0.424. The van der Waals surface area contributed by atoms with Crippen LogP contribution in [-0.2, 0) is 4.79 Å². The smallest absolute Gasteiger partial charge is 0.139 e. The van der Waals surface area contributed by atoms with Crippen molar-refractivity contribution in [2.75, 3.05) is 0 Å². The van der Waals surface area contributed by atoms with E-state index in [1.807, 2.05) is 0 Å². The van der Waals surface area contributed by atoms with Gasteiger partial charge in [-0.15, -0.1) is 0 Å². The van der Waals surface area contributed by atoms with Gasteiger partial charge in [0, 0.05) is 11.8 Å². The van der Waals surface area contributed by atoms with Crippen molar-refractivity contribution in [1.82, 2.24) is 0 Å². The molecule has 0 heterocycles. The third-order valence-electron chi connectivity index (χ3n) is 4.48. The molecule has 0 radical (unpaired) electrons. The lowest BCUT2D eigenvalue weighted by molar-refractivity contribution is -0.128. The van der Waals surface area contributed by atoms with Gasteiger partial charge in [0.1, 0.15) is 5.78 Å². The fourth-order valence-corrected chi connectivity index (χ4v) is 3.43. The van der Waals surface area contributed by atoms with E-state index >= 15 is 0 Å². The third-order valence-corrected chi connectivity index (χ3v) is 4.48. The van der Waals surface area contributed by atoms with Crippen molar-refractivity contribution in [3.63, 3.8) is 0 Å². The highest BCUT2D eigenvalue weighted by molar-refractivity contribution is 5.83. The highest BCUT2D eigenvalue weighted by Gasteiger charge is 2.33. The summed E-state index contributed by atoms with van der Waals surface area (Å²) in [5.74, 6) is 2.15. The maximum Gasteiger partial charge on any atom is 0.139 e. The molecule has 0 saturated heterocycles. The van der Waals surface area contributed by atoms with Crippen molar-refractivity contribution in [1.29, 1.82) is 0 Å². The topological polar surface area (TPSA) is 17.1 Å². The number of ketones is 1. The Kier molecular flexibility index (Phi) is 3.82. The second-order valence-corrected chi connectivity index (χ2v) is 5.61. The van der Waals surface area contributed by atoms with Gasteiger partial charge in [-0.05, 0) is 31.6 Å². The van der Waals surface area contributed by atoms with Crippen LogP contribution < -0.4 is 0 Å². The molecule has 2 unspecified atom stereocenters. The zero-order valence-electron chi connectivity index (χ0n) is 10.0. The minimum Gasteiger partial charge on any atom is -0.299 e. The maximum atomic E-state index is 12.4. The van der Waals surface area contributed by atoms with Gasteiger partial charge in [-0.2, -0.15) is 0 Å². The Morgan fingerprint density at radius 2 is 1.53 bits per heavy atom. The predicted octanol–water partition coefficient (Wildman–Crippen LogP) is 3.96. The Labute approximate surface area is 93.6 Å². The molecular weight excluding hydrogens is 184 g/mol. The summed E-state index contributed by atoms with van der Waals surface area (Å²) in [5.41, 5.74) is 0. The fraction of sp³-hybridized carbons (Fsp3) is 0.929. The van der Waals surface area contributed by atoms with Crippen molar-refractivity contribution in [3.05, 3.63) is 0 Å². The predicted molar refractivity (Wildman–Crippen MR) is 62.7 cm³/mol. The summed E-state index contributed by atoms with van der Waals surface area (Å²) in [7, 11) is 0. The average molecular weight is 208 g/mol. The molecule has 0 spiro atoms. The van der Waals surface area contributed by atoms with Crippen LogP contribution in [0.3, 0.4) is 0 Å². The number of hydrogen-bond donors (Lipinski definition) is 0. The summed E-state index contributed by atoms with van der Waals surface area (Å²) < 4.78 is 0. The van der Waals surface area contributed by atoms with Crippen LogP contribution in [-0.4, -0.2) is 5.78 Å². The molecule has 1 nitrogen and oxygen atoms in total. The number of rotatable bonds is 2. The number of carbonyl (C=O) groups is 1. The van der Waals surface area contributed by atoms with Crippen molar-refractivity contribution in [2.24, 2.45) is 17.8 Å². The first kappa shape index (κ1) is 11.2. The van der Waals surface area contributed by atoms with Gasteiger partial charge in [0.05, 0.1) is 0 Å². The van der Waals surface area contributed by atoms with Gasteiger partial charge in [-0.1, -0.05) is 39.0 Å². The van der Waals surface area contributed by atoms with Crippen molar-refractivity contribution >= 4 is 5.78 Å². The van der Waals surface area contributed by atoms with E-state index in [1.54, 1.807) is 0 Å². The Hall–Kier alpha value is -0.330. The summed E-state index contributed by atoms with van der Waals surface area (Å²) in [6, 6.07) is 0. The van der Waals surface area contributed by atoms with Crippen LogP contribution in [0.25, 0.3) is 0 Å². The van der Waals surface area contributed by atoms with Gasteiger partial charge in [0.15, 0.2) is 0 Å². The Bertz CT molecular complexity index is 213. The second-order valence-electron chi connectivity index (χ2n) is 5.61. The van der Waals surface area contributed by atoms with Gasteiger partial charge in [0.25, 0.3) is 0 Å². The van der Waals surface area contributed by atoms with Crippen LogP contribution in [0.15, 0.2) is 0 Å². The first-order valence-electron chi connectivity index (χ1n) is 6.83. The first-order chi connectivity index (χ1) is 7.29. The molecule has 0 aromatic rings. The molecule has 1 heteroatoms. The standard InChI is InChI=1S/C14H24O/c1-11-7-6-10-13(11)14(15)12-8-4-2-3-5-9-12/h11-13H,2-10H2,1H3. The Morgan fingerprint density at radius 1 is 0.867 bits per heavy atom. The largest absolute Gasteiger partial charge is 0.299 e. The maximum absolute atomic E-state index is 12.4. The van der Waals surface area contributed by atoms with E-state index in [0.29, 0.717) is 23.5 Å². The molecule has 0 aromatic heterocycles. The molecule has 0 bridgehead atoms. The average Bonchev–Trinajstić information content (AvgIpc) is 2.53. The first-order valence-corrected chi connectivity index (χ1v) is 6.83. The van der Waals surface area contributed by atoms with Gasteiger partial charge in [-0.25, -0.2) is 0 Å². The van der Waals surface area contributed by atoms with E-state index in [2.05, 4.69) is 6.92 Å². The van der Waals surface area contributed by atoms with Crippen LogP contribution in [0.1, 0.15) is 64.7 Å². The fourth-order valence-electron chi connectivity index (χ4n) is 3.43. The third kappa shape index (κ3) is 2.62. The molecule has 15 heavy (non-hydrogen) atoms. The molecule has 2 aliphatic carbocycles. The van der Waals surface area contributed by atoms with Crippen molar-refractivity contribution < 1.29 is 4.79 Å². The van der Waals surface area contributed by atoms with Crippen LogP contribution in [0.5, 0.6) is 0 Å². The summed E-state index contributed by atoms with van der Waals surface area (Å²) in [4.78, 5) is 12.4. The monoisotopic (exact) mass is 208 g/mol. The Balaban J connectivity index is 1.93. The molecular formula is C14H24O. The van der Waals surface area contributed by atoms with Crippen LogP contribution in [0, 0.1) is 17.8 Å². The zero-order valence-corrected chi connectivity index (χ0v) is 10.0. The van der Waals surface area contributed by atoms with Crippen molar-refractivity contribution in [2.45, 2.75) is 64.7 Å². The van der Waals surface area contributed by atoms with Crippen LogP contribution in [0.2, 0.25) is 0 Å². The van der Waals surface area contributed by atoms with E-state index in [0.717, 1.165) is 0 Å². The van der Waals surface area contributed by atoms with E-state index < -0.39 is 0 Å². The van der Waals surface area contributed by atoms with Crippen molar-refractivity contribution in [3.8, 4) is 0 Å². The van der Waals surface area contributed by atoms with E-state index in [4.69, 9.17) is 0 Å². The summed E-state index contributed by atoms with van der Waals surface area (Å²) >= 11 is 0. The number of Topliss-reactive ketones (excluding diaryl/α,β-unsaturated/α-hetero) is 1. The Morgan fingerprint density at radius 3 is 2.07 bits per heavy atom. The molecule has 0 amide bonds. The molecule has 2 fully saturated rings. The quantitative estimate of drug-likeness (QED) is 0.628. The normalized spacial score (nSPS) is 33.9. The van der Waals surface area contributed by atoms with Gasteiger partial charge in [0.2, 0.25) is 0 Å². The lowest BCUT2D eigenvalue weighted by atomic mass is 9.83. The highest BCUT2D eigenvalue weighted by atomic mass is 16.1. The van der Waals surface area contributed by atoms with Crippen LogP contribution in [0.4, 0.5) is 0 Å². The van der Waals surface area contributed by atoms with Crippen LogP contribution >= 0.6 is 0 Å².